The maximum Gasteiger partial charge on any atom is 0.240 e. The molecule has 0 atom stereocenters. The maximum atomic E-state index is 12.3. The van der Waals surface area contributed by atoms with Gasteiger partial charge in [0.15, 0.2) is 5.96 Å². The Morgan fingerprint density at radius 2 is 2.04 bits per heavy atom. The number of rotatable bonds is 9. The molecule has 0 saturated carbocycles. The second kappa shape index (κ2) is 10.8. The van der Waals surface area contributed by atoms with Crippen molar-refractivity contribution in [2.75, 3.05) is 26.2 Å². The standard InChI is InChI=1S/C18H26ClN5O2S2/c1-4-20-18(21-9-8-17-24-13(2)14(3)27-17)22-10-11-23-28(25,26)16-7-5-6-15(19)12-16/h5-7,12,23H,4,8-11H2,1-3H3,(H2,20,21,22). The number of aromatic nitrogens is 1. The van der Waals surface area contributed by atoms with E-state index < -0.39 is 10.0 Å². The van der Waals surface area contributed by atoms with Gasteiger partial charge in [0.25, 0.3) is 0 Å². The van der Waals surface area contributed by atoms with Gasteiger partial charge in [0.1, 0.15) is 0 Å². The van der Waals surface area contributed by atoms with Crippen LogP contribution in [-0.4, -0.2) is 45.5 Å². The summed E-state index contributed by atoms with van der Waals surface area (Å²) >= 11 is 7.56. The Morgan fingerprint density at radius 1 is 1.25 bits per heavy atom. The van der Waals surface area contributed by atoms with Crippen LogP contribution < -0.4 is 15.4 Å². The Bertz CT molecular complexity index is 893. The van der Waals surface area contributed by atoms with Crippen molar-refractivity contribution in [3.8, 4) is 0 Å². The van der Waals surface area contributed by atoms with E-state index in [0.29, 0.717) is 24.1 Å². The van der Waals surface area contributed by atoms with Crippen molar-refractivity contribution in [1.29, 1.82) is 0 Å². The van der Waals surface area contributed by atoms with Gasteiger partial charge in [-0.1, -0.05) is 17.7 Å². The number of aliphatic imine (C=N–C) groups is 1. The molecule has 2 rings (SSSR count). The third-order valence-electron chi connectivity index (χ3n) is 3.83. The van der Waals surface area contributed by atoms with Crippen molar-refractivity contribution in [1.82, 2.24) is 20.3 Å². The van der Waals surface area contributed by atoms with Crippen LogP contribution in [0.25, 0.3) is 0 Å². The summed E-state index contributed by atoms with van der Waals surface area (Å²) in [7, 11) is -3.60. The Morgan fingerprint density at radius 3 is 2.68 bits per heavy atom. The predicted octanol–water partition coefficient (Wildman–Crippen LogP) is 2.49. The number of hydrogen-bond acceptors (Lipinski definition) is 5. The third-order valence-corrected chi connectivity index (χ3v) is 6.65. The molecule has 2 aromatic rings. The van der Waals surface area contributed by atoms with Crippen LogP contribution in [0.1, 0.15) is 22.5 Å². The van der Waals surface area contributed by atoms with Gasteiger partial charge in [0, 0.05) is 36.0 Å². The Hall–Kier alpha value is -1.68. The maximum absolute atomic E-state index is 12.3. The van der Waals surface area contributed by atoms with E-state index in [1.54, 1.807) is 23.5 Å². The fourth-order valence-corrected chi connectivity index (χ4v) is 4.60. The lowest BCUT2D eigenvalue weighted by atomic mass is 10.4. The second-order valence-electron chi connectivity index (χ2n) is 6.04. The molecule has 1 aromatic carbocycles. The lowest BCUT2D eigenvalue weighted by Gasteiger charge is -2.11. The van der Waals surface area contributed by atoms with Crippen molar-refractivity contribution in [3.05, 3.63) is 44.9 Å². The molecule has 3 N–H and O–H groups in total. The van der Waals surface area contributed by atoms with Crippen molar-refractivity contribution in [2.24, 2.45) is 4.99 Å². The van der Waals surface area contributed by atoms with E-state index in [-0.39, 0.29) is 11.4 Å². The molecule has 0 radical (unpaired) electrons. The van der Waals surface area contributed by atoms with Crippen LogP contribution in [0.5, 0.6) is 0 Å². The minimum atomic E-state index is -3.60. The first-order chi connectivity index (χ1) is 13.3. The molecular weight excluding hydrogens is 418 g/mol. The number of nitrogens with zero attached hydrogens (tertiary/aromatic N) is 2. The summed E-state index contributed by atoms with van der Waals surface area (Å²) in [6, 6.07) is 6.16. The Balaban J connectivity index is 1.83. The molecule has 0 saturated heterocycles. The van der Waals surface area contributed by atoms with E-state index in [2.05, 4.69) is 32.3 Å². The summed E-state index contributed by atoms with van der Waals surface area (Å²) in [5.74, 6) is 0.648. The number of benzene rings is 1. The molecular formula is C18H26ClN5O2S2. The largest absolute Gasteiger partial charge is 0.357 e. The van der Waals surface area contributed by atoms with Crippen LogP contribution in [0.3, 0.4) is 0 Å². The van der Waals surface area contributed by atoms with Gasteiger partial charge in [-0.2, -0.15) is 0 Å². The molecule has 0 aliphatic rings. The van der Waals surface area contributed by atoms with Gasteiger partial charge in [-0.3, -0.25) is 4.99 Å². The molecule has 0 amide bonds. The summed E-state index contributed by atoms with van der Waals surface area (Å²) in [5.41, 5.74) is 1.08. The number of nitrogens with one attached hydrogen (secondary N) is 3. The van der Waals surface area contributed by atoms with Gasteiger partial charge in [-0.05, 0) is 39.0 Å². The highest BCUT2D eigenvalue weighted by atomic mass is 35.5. The molecule has 0 aliphatic heterocycles. The van der Waals surface area contributed by atoms with Crippen molar-refractivity contribution in [3.63, 3.8) is 0 Å². The summed E-state index contributed by atoms with van der Waals surface area (Å²) < 4.78 is 27.0. The van der Waals surface area contributed by atoms with Crippen LogP contribution >= 0.6 is 22.9 Å². The van der Waals surface area contributed by atoms with Gasteiger partial charge in [0.2, 0.25) is 10.0 Å². The number of hydrogen-bond donors (Lipinski definition) is 3. The summed E-state index contributed by atoms with van der Waals surface area (Å²) in [4.78, 5) is 10.3. The van der Waals surface area contributed by atoms with E-state index in [9.17, 15) is 8.42 Å². The van der Waals surface area contributed by atoms with Crippen molar-refractivity contribution >= 4 is 38.9 Å². The highest BCUT2D eigenvalue weighted by Crippen LogP contribution is 2.16. The SMILES string of the molecule is CCNC(=NCCNS(=O)(=O)c1cccc(Cl)c1)NCCc1nc(C)c(C)s1. The molecule has 154 valence electrons. The fraction of sp³-hybridized carbons (Fsp3) is 0.444. The van der Waals surface area contributed by atoms with Gasteiger partial charge in [-0.15, -0.1) is 11.3 Å². The van der Waals surface area contributed by atoms with Crippen LogP contribution in [0.15, 0.2) is 34.2 Å². The topological polar surface area (TPSA) is 95.5 Å². The zero-order valence-corrected chi connectivity index (χ0v) is 18.6. The number of thiazole rings is 1. The first-order valence-corrected chi connectivity index (χ1v) is 11.7. The van der Waals surface area contributed by atoms with E-state index in [0.717, 1.165) is 23.7 Å². The quantitative estimate of drug-likeness (QED) is 0.314. The molecule has 10 heteroatoms. The molecule has 0 bridgehead atoms. The van der Waals surface area contributed by atoms with Crippen molar-refractivity contribution in [2.45, 2.75) is 32.1 Å². The molecule has 0 spiro atoms. The zero-order chi connectivity index (χ0) is 20.6. The molecule has 0 unspecified atom stereocenters. The molecule has 7 nitrogen and oxygen atoms in total. The average molecular weight is 444 g/mol. The fourth-order valence-electron chi connectivity index (χ4n) is 2.34. The lowest BCUT2D eigenvalue weighted by Crippen LogP contribution is -2.39. The monoisotopic (exact) mass is 443 g/mol. The van der Waals surface area contributed by atoms with Gasteiger partial charge >= 0.3 is 0 Å². The Kier molecular flexibility index (Phi) is 8.68. The number of halogens is 1. The first-order valence-electron chi connectivity index (χ1n) is 9.02. The highest BCUT2D eigenvalue weighted by molar-refractivity contribution is 7.89. The lowest BCUT2D eigenvalue weighted by molar-refractivity contribution is 0.582. The van der Waals surface area contributed by atoms with Crippen LogP contribution in [0.4, 0.5) is 0 Å². The van der Waals surface area contributed by atoms with E-state index in [4.69, 9.17) is 11.6 Å². The first kappa shape index (κ1) is 22.6. The van der Waals surface area contributed by atoms with Gasteiger partial charge in [0.05, 0.1) is 22.1 Å². The molecule has 1 aromatic heterocycles. The summed E-state index contributed by atoms with van der Waals surface area (Å²) in [6.45, 7) is 7.98. The van der Waals surface area contributed by atoms with E-state index >= 15 is 0 Å². The predicted molar refractivity (Wildman–Crippen MR) is 116 cm³/mol. The molecule has 0 fully saturated rings. The van der Waals surface area contributed by atoms with Crippen LogP contribution in [0.2, 0.25) is 5.02 Å². The zero-order valence-electron chi connectivity index (χ0n) is 16.3. The third kappa shape index (κ3) is 7.05. The highest BCUT2D eigenvalue weighted by Gasteiger charge is 2.13. The van der Waals surface area contributed by atoms with E-state index in [1.165, 1.54) is 17.0 Å². The molecule has 1 heterocycles. The van der Waals surface area contributed by atoms with Gasteiger partial charge in [-0.25, -0.2) is 18.1 Å². The number of aryl methyl sites for hydroxylation is 2. The minimum Gasteiger partial charge on any atom is -0.357 e. The van der Waals surface area contributed by atoms with Crippen molar-refractivity contribution < 1.29 is 8.42 Å². The molecule has 0 aliphatic carbocycles. The summed E-state index contributed by atoms with van der Waals surface area (Å²) in [5, 5.41) is 7.87. The average Bonchev–Trinajstić information content (AvgIpc) is 2.96. The van der Waals surface area contributed by atoms with Crippen LogP contribution in [-0.2, 0) is 16.4 Å². The number of guanidine groups is 1. The Labute approximate surface area is 175 Å². The normalized spacial score (nSPS) is 12.2. The number of sulfonamides is 1. The second-order valence-corrected chi connectivity index (χ2v) is 9.53. The van der Waals surface area contributed by atoms with Crippen LogP contribution in [0, 0.1) is 13.8 Å². The van der Waals surface area contributed by atoms with E-state index in [1.807, 2.05) is 13.8 Å². The smallest absolute Gasteiger partial charge is 0.240 e. The summed E-state index contributed by atoms with van der Waals surface area (Å²) in [6.07, 6.45) is 0.811. The molecule has 28 heavy (non-hydrogen) atoms. The minimum absolute atomic E-state index is 0.142. The van der Waals surface area contributed by atoms with Gasteiger partial charge < -0.3 is 10.6 Å².